The Morgan fingerprint density at radius 2 is 0.650 bits per heavy atom. The minimum absolute atomic E-state index is 0.248. The maximum absolute atomic E-state index is 10.0. The van der Waals surface area contributed by atoms with Crippen LogP contribution < -0.4 is 5.73 Å². The van der Waals surface area contributed by atoms with E-state index in [-0.39, 0.29) is 11.5 Å². The number of phenols is 2. The van der Waals surface area contributed by atoms with Crippen molar-refractivity contribution in [3.63, 3.8) is 0 Å². The van der Waals surface area contributed by atoms with Gasteiger partial charge < -0.3 is 15.9 Å². The minimum atomic E-state index is 0.248. The second-order valence-corrected chi connectivity index (χ2v) is 12.2. The molecule has 0 aliphatic heterocycles. The number of aromatic nitrogens is 2. The third-order valence-electron chi connectivity index (χ3n) is 9.17. The van der Waals surface area contributed by atoms with Crippen LogP contribution in [0, 0.1) is 0 Å². The van der Waals surface area contributed by atoms with Gasteiger partial charge in [0.15, 0.2) is 0 Å². The fraction of sp³-hybridized carbons (Fsp3) is 0.200. The molecule has 0 saturated heterocycles. The quantitative estimate of drug-likeness (QED) is 0.154. The minimum Gasteiger partial charge on any atom is -0.508 e. The van der Waals surface area contributed by atoms with Gasteiger partial charge in [0, 0.05) is 21.9 Å². The van der Waals surface area contributed by atoms with Crippen molar-refractivity contribution in [1.82, 2.24) is 9.97 Å². The molecule has 2 heterocycles. The highest BCUT2D eigenvalue weighted by Gasteiger charge is 2.17. The van der Waals surface area contributed by atoms with Crippen molar-refractivity contribution in [2.75, 3.05) is 7.05 Å². The van der Waals surface area contributed by atoms with Crippen molar-refractivity contribution in [2.24, 2.45) is 5.73 Å². The first-order valence-electron chi connectivity index (χ1n) is 21.5. The van der Waals surface area contributed by atoms with E-state index < -0.39 is 0 Å². The lowest BCUT2D eigenvalue weighted by Crippen LogP contribution is -1.95. The molecule has 0 amide bonds. The van der Waals surface area contributed by atoms with Gasteiger partial charge in [-0.15, -0.1) is 0 Å². The Kier molecular flexibility index (Phi) is 19.4. The molecular weight excluding hydrogens is 735 g/mol. The van der Waals surface area contributed by atoms with E-state index in [1.807, 2.05) is 106 Å². The van der Waals surface area contributed by atoms with E-state index in [0.717, 1.165) is 88.1 Å². The molecule has 0 aliphatic rings. The molecule has 0 saturated carbocycles. The van der Waals surface area contributed by atoms with Crippen LogP contribution in [0.1, 0.15) is 69.2 Å². The predicted molar refractivity (Wildman–Crippen MR) is 264 cm³/mol. The average molecular weight is 798 g/mol. The number of rotatable bonds is 4. The van der Waals surface area contributed by atoms with Crippen LogP contribution in [0.3, 0.4) is 0 Å². The summed E-state index contributed by atoms with van der Waals surface area (Å²) < 4.78 is 0. The molecule has 5 heteroatoms. The Morgan fingerprint density at radius 1 is 0.333 bits per heavy atom. The van der Waals surface area contributed by atoms with Crippen LogP contribution in [-0.2, 0) is 0 Å². The van der Waals surface area contributed by atoms with E-state index in [1.54, 1.807) is 24.3 Å². The number of pyridine rings is 2. The number of fused-ring (bicyclic) bond motifs is 5. The molecule has 0 spiro atoms. The number of aromatic hydroxyl groups is 2. The molecule has 0 radical (unpaired) electrons. The molecule has 9 aromatic rings. The summed E-state index contributed by atoms with van der Waals surface area (Å²) in [6.07, 6.45) is 0. The SMILES string of the molecule is CC.CC.CC.CC.CC.CN.Oc1ccc2cc(-c3cc(-c4ccccc4)c4ccc5c(-c6ccccc6)cc(-c6ccc7cc(O)ccc7c6)nc5c4n3)ccc2c1. The van der Waals surface area contributed by atoms with Gasteiger partial charge in [-0.25, -0.2) is 9.97 Å². The van der Waals surface area contributed by atoms with E-state index in [2.05, 4.69) is 103 Å². The summed E-state index contributed by atoms with van der Waals surface area (Å²) in [4.78, 5) is 10.7. The first-order chi connectivity index (χ1) is 29.6. The van der Waals surface area contributed by atoms with E-state index in [9.17, 15) is 10.2 Å². The van der Waals surface area contributed by atoms with Gasteiger partial charge in [0.1, 0.15) is 11.5 Å². The molecule has 0 fully saturated rings. The van der Waals surface area contributed by atoms with E-state index in [0.29, 0.717) is 0 Å². The third kappa shape index (κ3) is 10.7. The van der Waals surface area contributed by atoms with Gasteiger partial charge in [0.25, 0.3) is 0 Å². The molecule has 310 valence electrons. The van der Waals surface area contributed by atoms with Gasteiger partial charge in [-0.2, -0.15) is 0 Å². The lowest BCUT2D eigenvalue weighted by atomic mass is 9.93. The summed E-state index contributed by atoms with van der Waals surface area (Å²) >= 11 is 0. The number of hydrogen-bond acceptors (Lipinski definition) is 5. The van der Waals surface area contributed by atoms with Crippen molar-refractivity contribution >= 4 is 43.4 Å². The first kappa shape index (κ1) is 47.8. The van der Waals surface area contributed by atoms with Crippen molar-refractivity contribution in [3.8, 4) is 56.3 Å². The number of nitrogens with zero attached hydrogens (tertiary/aromatic N) is 2. The zero-order valence-electron chi connectivity index (χ0n) is 37.4. The summed E-state index contributed by atoms with van der Waals surface area (Å²) in [6.45, 7) is 20.0. The zero-order chi connectivity index (χ0) is 44.2. The first-order valence-corrected chi connectivity index (χ1v) is 21.5. The molecule has 4 N–H and O–H groups in total. The summed E-state index contributed by atoms with van der Waals surface area (Å²) in [5, 5.41) is 26.1. The predicted octanol–water partition coefficient (Wildman–Crippen LogP) is 15.9. The van der Waals surface area contributed by atoms with Crippen LogP contribution in [0.2, 0.25) is 0 Å². The summed E-state index contributed by atoms with van der Waals surface area (Å²) in [5.74, 6) is 0.496. The molecule has 60 heavy (non-hydrogen) atoms. The van der Waals surface area contributed by atoms with Gasteiger partial charge in [0.2, 0.25) is 0 Å². The van der Waals surface area contributed by atoms with Crippen LogP contribution in [0.25, 0.3) is 88.1 Å². The van der Waals surface area contributed by atoms with Crippen LogP contribution in [0.5, 0.6) is 11.5 Å². The van der Waals surface area contributed by atoms with Crippen molar-refractivity contribution in [3.05, 3.63) is 158 Å². The highest BCUT2D eigenvalue weighted by Crippen LogP contribution is 2.40. The molecule has 2 aromatic heterocycles. The Morgan fingerprint density at radius 3 is 1.00 bits per heavy atom. The fourth-order valence-corrected chi connectivity index (χ4v) is 6.77. The Bertz CT molecular complexity index is 2500. The number of hydrogen-bond donors (Lipinski definition) is 3. The lowest BCUT2D eigenvalue weighted by molar-refractivity contribution is 0.475. The Hall–Kier alpha value is -6.56. The monoisotopic (exact) mass is 797 g/mol. The van der Waals surface area contributed by atoms with Crippen LogP contribution in [0.4, 0.5) is 0 Å². The Balaban J connectivity index is 0.000000739. The number of nitrogens with two attached hydrogens (primary N) is 1. The van der Waals surface area contributed by atoms with Gasteiger partial charge in [-0.3, -0.25) is 0 Å². The van der Waals surface area contributed by atoms with Crippen LogP contribution >= 0.6 is 0 Å². The molecule has 7 aromatic carbocycles. The lowest BCUT2D eigenvalue weighted by Gasteiger charge is -2.16. The number of phenolic OH excluding ortho intramolecular Hbond substituents is 2. The second kappa shape index (κ2) is 24.4. The molecule has 0 bridgehead atoms. The van der Waals surface area contributed by atoms with Crippen molar-refractivity contribution < 1.29 is 10.2 Å². The van der Waals surface area contributed by atoms with Crippen LogP contribution in [-0.4, -0.2) is 27.2 Å². The Labute approximate surface area is 358 Å². The number of benzene rings is 7. The highest BCUT2D eigenvalue weighted by molar-refractivity contribution is 6.13. The summed E-state index contributed by atoms with van der Waals surface area (Å²) in [7, 11) is 1.50. The summed E-state index contributed by atoms with van der Waals surface area (Å²) in [6, 6.07) is 52.9. The standard InChI is InChI=1S/C44H28N2O2.5C2H6.CH5N/c47-35-17-15-29-21-33(13-11-31(29)23-35)41-25-39(27-7-3-1-4-8-27)37-19-20-38-40(28-9-5-2-6-10-28)26-42(46-44(38)43(37)45-41)34-14-12-32-24-36(48)18-16-30(32)22-34;6*1-2/h1-26,47-48H;5*1-2H3;2H2,1H3. The van der Waals surface area contributed by atoms with E-state index >= 15 is 0 Å². The van der Waals surface area contributed by atoms with E-state index in [1.165, 1.54) is 7.05 Å². The fourth-order valence-electron chi connectivity index (χ4n) is 6.77. The maximum atomic E-state index is 10.0. The maximum Gasteiger partial charge on any atom is 0.116 e. The smallest absolute Gasteiger partial charge is 0.116 e. The van der Waals surface area contributed by atoms with Crippen molar-refractivity contribution in [2.45, 2.75) is 69.2 Å². The second-order valence-electron chi connectivity index (χ2n) is 12.2. The third-order valence-corrected chi connectivity index (χ3v) is 9.17. The highest BCUT2D eigenvalue weighted by atomic mass is 16.3. The molecule has 0 unspecified atom stereocenters. The molecule has 5 nitrogen and oxygen atoms in total. The normalized spacial score (nSPS) is 9.80. The van der Waals surface area contributed by atoms with Gasteiger partial charge in [-0.05, 0) is 99.4 Å². The molecule has 0 atom stereocenters. The molecule has 9 rings (SSSR count). The molecule has 0 aliphatic carbocycles. The zero-order valence-corrected chi connectivity index (χ0v) is 37.4. The summed E-state index contributed by atoms with van der Waals surface area (Å²) in [5.41, 5.74) is 14.2. The topological polar surface area (TPSA) is 92.3 Å². The van der Waals surface area contributed by atoms with Gasteiger partial charge >= 0.3 is 0 Å². The van der Waals surface area contributed by atoms with Crippen molar-refractivity contribution in [1.29, 1.82) is 0 Å². The average Bonchev–Trinajstić information content (AvgIpc) is 3.34. The van der Waals surface area contributed by atoms with Crippen LogP contribution in [0.15, 0.2) is 158 Å². The largest absolute Gasteiger partial charge is 0.508 e. The van der Waals surface area contributed by atoms with Gasteiger partial charge in [-0.1, -0.05) is 178 Å². The van der Waals surface area contributed by atoms with Gasteiger partial charge in [0.05, 0.1) is 22.4 Å². The van der Waals surface area contributed by atoms with E-state index in [4.69, 9.17) is 9.97 Å². The molecular formula is C55H63N3O2.